The van der Waals surface area contributed by atoms with Crippen LogP contribution in [0.1, 0.15) is 0 Å². The molecule has 2 heterocycles. The lowest BCUT2D eigenvalue weighted by molar-refractivity contribution is -0.136. The van der Waals surface area contributed by atoms with Crippen LogP contribution < -0.4 is 9.47 Å². The third-order valence-electron chi connectivity index (χ3n) is 3.65. The van der Waals surface area contributed by atoms with E-state index in [1.54, 1.807) is 54.7 Å². The summed E-state index contributed by atoms with van der Waals surface area (Å²) in [5, 5.41) is 0.593. The maximum atomic E-state index is 12.0. The highest BCUT2D eigenvalue weighted by atomic mass is 35.5. The first kappa shape index (κ1) is 17.1. The van der Waals surface area contributed by atoms with Crippen LogP contribution in [0.2, 0.25) is 5.02 Å². The fourth-order valence-corrected chi connectivity index (χ4v) is 2.53. The Labute approximate surface area is 159 Å². The first-order valence-electron chi connectivity index (χ1n) is 8.08. The van der Waals surface area contributed by atoms with Crippen LogP contribution in [0.5, 0.6) is 11.5 Å². The van der Waals surface area contributed by atoms with Crippen molar-refractivity contribution in [2.45, 2.75) is 0 Å². The SMILES string of the molecule is O=C(COc1ccc(Cl)cc1)Oc1ccc2nc(-c3ccccn3)oc2c1. The van der Waals surface area contributed by atoms with Crippen molar-refractivity contribution in [3.63, 3.8) is 0 Å². The number of carbonyl (C=O) groups excluding carboxylic acids is 1. The van der Waals surface area contributed by atoms with Gasteiger partial charge in [0.25, 0.3) is 0 Å². The minimum atomic E-state index is -0.534. The number of benzene rings is 2. The Morgan fingerprint density at radius 3 is 2.63 bits per heavy atom. The molecule has 7 heteroatoms. The first-order valence-corrected chi connectivity index (χ1v) is 8.46. The fraction of sp³-hybridized carbons (Fsp3) is 0.0500. The molecule has 2 aromatic carbocycles. The van der Waals surface area contributed by atoms with Gasteiger partial charge in [0.2, 0.25) is 5.89 Å². The van der Waals surface area contributed by atoms with Crippen molar-refractivity contribution in [2.24, 2.45) is 0 Å². The first-order chi connectivity index (χ1) is 13.2. The van der Waals surface area contributed by atoms with E-state index in [9.17, 15) is 4.79 Å². The Balaban J connectivity index is 1.44. The summed E-state index contributed by atoms with van der Waals surface area (Å²) < 4.78 is 16.4. The Morgan fingerprint density at radius 1 is 1.04 bits per heavy atom. The third kappa shape index (κ3) is 4.07. The second-order valence-electron chi connectivity index (χ2n) is 5.58. The van der Waals surface area contributed by atoms with Gasteiger partial charge in [0.1, 0.15) is 22.7 Å². The maximum absolute atomic E-state index is 12.0. The highest BCUT2D eigenvalue weighted by Crippen LogP contribution is 2.26. The molecule has 134 valence electrons. The summed E-state index contributed by atoms with van der Waals surface area (Å²) in [4.78, 5) is 20.6. The molecule has 0 aliphatic rings. The molecule has 0 unspecified atom stereocenters. The van der Waals surface area contributed by atoms with Crippen LogP contribution in [0, 0.1) is 0 Å². The fourth-order valence-electron chi connectivity index (χ4n) is 2.40. The van der Waals surface area contributed by atoms with Crippen LogP contribution in [-0.2, 0) is 4.79 Å². The molecule has 0 fully saturated rings. The Bertz CT molecular complexity index is 1080. The predicted octanol–water partition coefficient (Wildman–Crippen LogP) is 4.53. The summed E-state index contributed by atoms with van der Waals surface area (Å²) in [5.74, 6) is 0.742. The number of ether oxygens (including phenoxy) is 2. The van der Waals surface area contributed by atoms with E-state index >= 15 is 0 Å². The second kappa shape index (κ2) is 7.47. The van der Waals surface area contributed by atoms with E-state index in [0.717, 1.165) is 0 Å². The van der Waals surface area contributed by atoms with Crippen LogP contribution in [-0.4, -0.2) is 22.5 Å². The van der Waals surface area contributed by atoms with Crippen LogP contribution in [0.4, 0.5) is 0 Å². The monoisotopic (exact) mass is 380 g/mol. The van der Waals surface area contributed by atoms with E-state index in [0.29, 0.717) is 39.2 Å². The average molecular weight is 381 g/mol. The molecule has 6 nitrogen and oxygen atoms in total. The number of pyridine rings is 1. The average Bonchev–Trinajstić information content (AvgIpc) is 3.12. The minimum Gasteiger partial charge on any atom is -0.482 e. The van der Waals surface area contributed by atoms with Crippen molar-refractivity contribution in [2.75, 3.05) is 6.61 Å². The van der Waals surface area contributed by atoms with Crippen LogP contribution in [0.15, 0.2) is 71.3 Å². The highest BCUT2D eigenvalue weighted by molar-refractivity contribution is 6.30. The smallest absolute Gasteiger partial charge is 0.349 e. The molecule has 0 radical (unpaired) electrons. The van der Waals surface area contributed by atoms with E-state index in [2.05, 4.69) is 9.97 Å². The number of rotatable bonds is 5. The summed E-state index contributed by atoms with van der Waals surface area (Å²) in [5.41, 5.74) is 1.77. The molecule has 0 aliphatic carbocycles. The minimum absolute atomic E-state index is 0.227. The number of halogens is 1. The zero-order chi connectivity index (χ0) is 18.6. The van der Waals surface area contributed by atoms with Crippen LogP contribution in [0.3, 0.4) is 0 Å². The van der Waals surface area contributed by atoms with Crippen molar-refractivity contribution >= 4 is 28.7 Å². The molecule has 4 aromatic rings. The zero-order valence-corrected chi connectivity index (χ0v) is 14.7. The number of hydrogen-bond donors (Lipinski definition) is 0. The van der Waals surface area contributed by atoms with Gasteiger partial charge in [0, 0.05) is 17.3 Å². The van der Waals surface area contributed by atoms with E-state index in [1.165, 1.54) is 0 Å². The summed E-state index contributed by atoms with van der Waals surface area (Å²) in [6.07, 6.45) is 1.66. The van der Waals surface area contributed by atoms with E-state index in [1.807, 2.05) is 12.1 Å². The molecule has 0 amide bonds. The van der Waals surface area contributed by atoms with Gasteiger partial charge in [-0.25, -0.2) is 9.78 Å². The number of hydrogen-bond acceptors (Lipinski definition) is 6. The van der Waals surface area contributed by atoms with Gasteiger partial charge in [-0.3, -0.25) is 4.98 Å². The Morgan fingerprint density at radius 2 is 1.85 bits per heavy atom. The van der Waals surface area contributed by atoms with Gasteiger partial charge < -0.3 is 13.9 Å². The van der Waals surface area contributed by atoms with Gasteiger partial charge in [-0.2, -0.15) is 0 Å². The van der Waals surface area contributed by atoms with Gasteiger partial charge in [-0.05, 0) is 48.5 Å². The van der Waals surface area contributed by atoms with Gasteiger partial charge in [-0.1, -0.05) is 17.7 Å². The number of esters is 1. The van der Waals surface area contributed by atoms with Crippen molar-refractivity contribution in [1.82, 2.24) is 9.97 Å². The summed E-state index contributed by atoms with van der Waals surface area (Å²) >= 11 is 5.81. The molecule has 4 rings (SSSR count). The summed E-state index contributed by atoms with van der Waals surface area (Å²) in [7, 11) is 0. The topological polar surface area (TPSA) is 74.5 Å². The van der Waals surface area contributed by atoms with Crippen molar-refractivity contribution in [3.8, 4) is 23.1 Å². The summed E-state index contributed by atoms with van der Waals surface area (Å²) in [6, 6.07) is 17.2. The van der Waals surface area contributed by atoms with Crippen molar-refractivity contribution in [1.29, 1.82) is 0 Å². The number of aromatic nitrogens is 2. The predicted molar refractivity (Wildman–Crippen MR) is 99.8 cm³/mol. The zero-order valence-electron chi connectivity index (χ0n) is 14.0. The van der Waals surface area contributed by atoms with Gasteiger partial charge in [0.15, 0.2) is 12.2 Å². The highest BCUT2D eigenvalue weighted by Gasteiger charge is 2.12. The molecule has 0 atom stereocenters. The van der Waals surface area contributed by atoms with Crippen LogP contribution in [0.25, 0.3) is 22.7 Å². The van der Waals surface area contributed by atoms with Gasteiger partial charge in [0.05, 0.1) is 0 Å². The van der Waals surface area contributed by atoms with Crippen molar-refractivity contribution in [3.05, 3.63) is 71.9 Å². The number of oxazole rings is 1. The van der Waals surface area contributed by atoms with E-state index < -0.39 is 5.97 Å². The van der Waals surface area contributed by atoms with Crippen LogP contribution >= 0.6 is 11.6 Å². The molecular weight excluding hydrogens is 368 g/mol. The number of nitrogens with zero attached hydrogens (tertiary/aromatic N) is 2. The van der Waals surface area contributed by atoms with Gasteiger partial charge in [-0.15, -0.1) is 0 Å². The standard InChI is InChI=1S/C20H13ClN2O4/c21-13-4-6-14(7-5-13)25-12-19(24)26-15-8-9-16-18(11-15)27-20(23-16)17-3-1-2-10-22-17/h1-11H,12H2. The number of carbonyl (C=O) groups is 1. The lowest BCUT2D eigenvalue weighted by Gasteiger charge is -2.06. The quantitative estimate of drug-likeness (QED) is 0.374. The lowest BCUT2D eigenvalue weighted by atomic mass is 10.3. The molecule has 0 saturated carbocycles. The molecule has 2 aromatic heterocycles. The molecular formula is C20H13ClN2O4. The lowest BCUT2D eigenvalue weighted by Crippen LogP contribution is -2.17. The van der Waals surface area contributed by atoms with Gasteiger partial charge >= 0.3 is 5.97 Å². The largest absolute Gasteiger partial charge is 0.482 e. The summed E-state index contributed by atoms with van der Waals surface area (Å²) in [6.45, 7) is -0.227. The molecule has 0 saturated heterocycles. The molecule has 0 spiro atoms. The normalized spacial score (nSPS) is 10.7. The van der Waals surface area contributed by atoms with E-state index in [4.69, 9.17) is 25.5 Å². The molecule has 27 heavy (non-hydrogen) atoms. The molecule has 0 bridgehead atoms. The Kier molecular flexibility index (Phi) is 4.72. The molecule has 0 aliphatic heterocycles. The maximum Gasteiger partial charge on any atom is 0.349 e. The molecule has 0 N–H and O–H groups in total. The Hall–Kier alpha value is -3.38. The second-order valence-corrected chi connectivity index (χ2v) is 6.02. The van der Waals surface area contributed by atoms with Crippen molar-refractivity contribution < 1.29 is 18.7 Å². The van der Waals surface area contributed by atoms with E-state index in [-0.39, 0.29) is 6.61 Å². The third-order valence-corrected chi connectivity index (χ3v) is 3.90. The number of fused-ring (bicyclic) bond motifs is 1.